The maximum atomic E-state index is 13.0. The number of carboxylic acid groups (broad SMARTS) is 1. The topological polar surface area (TPSA) is 111 Å². The molecule has 1 fully saturated rings. The number of halogens is 2. The zero-order chi connectivity index (χ0) is 25.9. The molecule has 1 saturated carbocycles. The van der Waals surface area contributed by atoms with Crippen molar-refractivity contribution in [1.82, 2.24) is 10.3 Å². The third-order valence-corrected chi connectivity index (χ3v) is 7.60. The molecule has 1 heterocycles. The number of carbonyl (C=O) groups is 3. The smallest absolute Gasteiger partial charge is 0.258 e. The van der Waals surface area contributed by atoms with E-state index < -0.39 is 23.3 Å². The van der Waals surface area contributed by atoms with Crippen molar-refractivity contribution in [3.8, 4) is 0 Å². The van der Waals surface area contributed by atoms with Crippen molar-refractivity contribution in [2.75, 3.05) is 5.32 Å². The molecular weight excluding hydrogens is 501 g/mol. The summed E-state index contributed by atoms with van der Waals surface area (Å²) in [6.07, 6.45) is 8.88. The number of anilines is 1. The Morgan fingerprint density at radius 3 is 2.31 bits per heavy atom. The van der Waals surface area contributed by atoms with E-state index in [1.165, 1.54) is 12.4 Å². The van der Waals surface area contributed by atoms with Crippen LogP contribution in [0.2, 0.25) is 10.0 Å². The van der Waals surface area contributed by atoms with E-state index in [1.807, 2.05) is 6.92 Å². The van der Waals surface area contributed by atoms with Gasteiger partial charge in [0.15, 0.2) is 5.78 Å². The van der Waals surface area contributed by atoms with Gasteiger partial charge < -0.3 is 20.5 Å². The second kappa shape index (κ2) is 11.0. The van der Waals surface area contributed by atoms with Crippen LogP contribution in [0.5, 0.6) is 0 Å². The van der Waals surface area contributed by atoms with Crippen LogP contribution in [-0.4, -0.2) is 28.7 Å². The van der Waals surface area contributed by atoms with Crippen molar-refractivity contribution in [3.05, 3.63) is 69.1 Å². The zero-order valence-electron chi connectivity index (χ0n) is 20.0. The molecule has 1 atom stereocenters. The highest BCUT2D eigenvalue weighted by molar-refractivity contribution is 6.40. The Morgan fingerprint density at radius 1 is 1.08 bits per heavy atom. The molecule has 0 aliphatic heterocycles. The van der Waals surface area contributed by atoms with Crippen LogP contribution in [0.1, 0.15) is 67.8 Å². The fourth-order valence-electron chi connectivity index (χ4n) is 5.24. The summed E-state index contributed by atoms with van der Waals surface area (Å²) in [5.41, 5.74) is 2.36. The third kappa shape index (κ3) is 5.13. The predicted molar refractivity (Wildman–Crippen MR) is 137 cm³/mol. The molecule has 190 valence electrons. The summed E-state index contributed by atoms with van der Waals surface area (Å²) in [7, 11) is 0. The number of aliphatic carboxylic acids is 1. The lowest BCUT2D eigenvalue weighted by Gasteiger charge is -2.48. The van der Waals surface area contributed by atoms with Gasteiger partial charge in [-0.15, -0.1) is 0 Å². The van der Waals surface area contributed by atoms with Gasteiger partial charge in [0.1, 0.15) is 0 Å². The van der Waals surface area contributed by atoms with Gasteiger partial charge in [0.05, 0.1) is 33.0 Å². The molecule has 2 aliphatic rings. The molecule has 2 aromatic rings. The highest BCUT2D eigenvalue weighted by atomic mass is 35.5. The van der Waals surface area contributed by atoms with Crippen molar-refractivity contribution in [2.45, 2.75) is 64.3 Å². The van der Waals surface area contributed by atoms with Crippen LogP contribution in [-0.2, 0) is 16.0 Å². The molecule has 4 rings (SSSR count). The van der Waals surface area contributed by atoms with Crippen molar-refractivity contribution in [2.24, 2.45) is 5.41 Å². The molecule has 1 spiro atoms. The van der Waals surface area contributed by atoms with Gasteiger partial charge in [-0.25, -0.2) is 0 Å². The van der Waals surface area contributed by atoms with Crippen LogP contribution < -0.4 is 15.7 Å². The van der Waals surface area contributed by atoms with Gasteiger partial charge in [0.2, 0.25) is 0 Å². The number of rotatable bonds is 9. The maximum absolute atomic E-state index is 13.0. The van der Waals surface area contributed by atoms with E-state index in [9.17, 15) is 19.5 Å². The molecule has 1 aromatic heterocycles. The minimum absolute atomic E-state index is 0.126. The number of aromatic nitrogens is 1. The van der Waals surface area contributed by atoms with E-state index in [0.717, 1.165) is 55.4 Å². The zero-order valence-corrected chi connectivity index (χ0v) is 21.5. The average molecular weight is 529 g/mol. The van der Waals surface area contributed by atoms with E-state index in [0.29, 0.717) is 12.1 Å². The van der Waals surface area contributed by atoms with Crippen molar-refractivity contribution in [3.63, 3.8) is 0 Å². The van der Waals surface area contributed by atoms with Crippen LogP contribution in [0.15, 0.2) is 47.9 Å². The van der Waals surface area contributed by atoms with Crippen LogP contribution in [0.3, 0.4) is 0 Å². The first-order valence-corrected chi connectivity index (χ1v) is 13.0. The normalized spacial score (nSPS) is 17.5. The fourth-order valence-corrected chi connectivity index (χ4v) is 5.77. The Bertz CT molecular complexity index is 1180. The Morgan fingerprint density at radius 2 is 1.72 bits per heavy atom. The molecule has 0 bridgehead atoms. The number of nitrogens with one attached hydrogen (secondary N) is 2. The summed E-state index contributed by atoms with van der Waals surface area (Å²) in [5, 5.41) is 18.3. The standard InChI is InChI=1S/C27H29Cl2N3O4/c1-2-6-18-23(27(24(18)33)11-4-3-5-12-27)32-21(26(35)36)13-16-7-9-17(10-8-16)31-25(34)22-19(28)14-30-15-20(22)29/h7-10,14-15,21,32H,2-6,11-13H2,1H3,(H,31,34)(H,35,36)/p-1/t21-/m0/s1. The molecule has 2 aliphatic carbocycles. The predicted octanol–water partition coefficient (Wildman–Crippen LogP) is 4.48. The number of Topliss-reactive ketones (excluding diaryl/α,β-unsaturated/α-hetero) is 1. The molecule has 36 heavy (non-hydrogen) atoms. The van der Waals surface area contributed by atoms with Crippen molar-refractivity contribution in [1.29, 1.82) is 0 Å². The number of carboxylic acids is 1. The SMILES string of the molecule is CCCC1=C(N[C@@H](Cc2ccc(NC(=O)c3c(Cl)cncc3Cl)cc2)C(=O)[O-])C2(CCCCC2)C1=O. The van der Waals surface area contributed by atoms with Gasteiger partial charge in [-0.1, -0.05) is 67.9 Å². The van der Waals surface area contributed by atoms with Crippen molar-refractivity contribution >= 4 is 46.5 Å². The Kier molecular flexibility index (Phi) is 8.00. The number of hydrogen-bond donors (Lipinski definition) is 2. The van der Waals surface area contributed by atoms with E-state index in [1.54, 1.807) is 24.3 Å². The lowest BCUT2D eigenvalue weighted by molar-refractivity contribution is -0.308. The first kappa shape index (κ1) is 26.2. The van der Waals surface area contributed by atoms with Crippen LogP contribution in [0.4, 0.5) is 5.69 Å². The lowest BCUT2D eigenvalue weighted by atomic mass is 9.58. The van der Waals surface area contributed by atoms with Crippen LogP contribution in [0, 0.1) is 5.41 Å². The summed E-state index contributed by atoms with van der Waals surface area (Å²) in [6, 6.07) is 5.87. The van der Waals surface area contributed by atoms with Crippen LogP contribution in [0.25, 0.3) is 0 Å². The number of benzene rings is 1. The maximum Gasteiger partial charge on any atom is 0.258 e. The van der Waals surface area contributed by atoms with Gasteiger partial charge in [0.25, 0.3) is 5.91 Å². The van der Waals surface area contributed by atoms with Gasteiger partial charge in [-0.05, 0) is 43.4 Å². The lowest BCUT2D eigenvalue weighted by Crippen LogP contribution is -2.56. The van der Waals surface area contributed by atoms with E-state index in [4.69, 9.17) is 23.2 Å². The van der Waals surface area contributed by atoms with Crippen molar-refractivity contribution < 1.29 is 19.5 Å². The molecule has 9 heteroatoms. The first-order chi connectivity index (χ1) is 17.3. The molecule has 1 amide bonds. The number of carbonyl (C=O) groups excluding carboxylic acids is 3. The summed E-state index contributed by atoms with van der Waals surface area (Å²) < 4.78 is 0. The molecule has 0 radical (unpaired) electrons. The monoisotopic (exact) mass is 528 g/mol. The second-order valence-corrected chi connectivity index (χ2v) is 10.2. The van der Waals surface area contributed by atoms with E-state index in [2.05, 4.69) is 15.6 Å². The number of allylic oxidation sites excluding steroid dienone is 2. The van der Waals surface area contributed by atoms with Gasteiger partial charge >= 0.3 is 0 Å². The molecule has 7 nitrogen and oxygen atoms in total. The minimum Gasteiger partial charge on any atom is -0.548 e. The number of pyridine rings is 1. The van der Waals surface area contributed by atoms with Gasteiger partial charge in [0, 0.05) is 29.4 Å². The number of hydrogen-bond acceptors (Lipinski definition) is 6. The molecule has 0 unspecified atom stereocenters. The quantitative estimate of drug-likeness (QED) is 0.496. The largest absolute Gasteiger partial charge is 0.548 e. The average Bonchev–Trinajstić information content (AvgIpc) is 2.86. The molecular formula is C27H28Cl2N3O4-. The van der Waals surface area contributed by atoms with Gasteiger partial charge in [-0.3, -0.25) is 14.6 Å². The fraction of sp³-hybridized carbons (Fsp3) is 0.407. The number of ketones is 1. The molecule has 2 N–H and O–H groups in total. The highest BCUT2D eigenvalue weighted by Gasteiger charge is 2.53. The minimum atomic E-state index is -1.22. The summed E-state index contributed by atoms with van der Waals surface area (Å²) in [5.74, 6) is -1.52. The second-order valence-electron chi connectivity index (χ2n) is 9.42. The summed E-state index contributed by atoms with van der Waals surface area (Å²) in [4.78, 5) is 41.5. The number of amides is 1. The molecule has 1 aromatic carbocycles. The Labute approximate surface area is 220 Å². The third-order valence-electron chi connectivity index (χ3n) is 7.03. The summed E-state index contributed by atoms with van der Waals surface area (Å²) >= 11 is 12.1. The summed E-state index contributed by atoms with van der Waals surface area (Å²) in [6.45, 7) is 2.01. The first-order valence-electron chi connectivity index (χ1n) is 12.2. The van der Waals surface area contributed by atoms with Crippen LogP contribution >= 0.6 is 23.2 Å². The number of nitrogens with zero attached hydrogens (tertiary/aromatic N) is 1. The molecule has 0 saturated heterocycles. The van der Waals surface area contributed by atoms with E-state index in [-0.39, 0.29) is 27.8 Å². The highest BCUT2D eigenvalue weighted by Crippen LogP contribution is 2.52. The Balaban J connectivity index is 1.47. The Hall–Kier alpha value is -2.90. The van der Waals surface area contributed by atoms with E-state index >= 15 is 0 Å². The van der Waals surface area contributed by atoms with Gasteiger partial charge in [-0.2, -0.15) is 0 Å².